The summed E-state index contributed by atoms with van der Waals surface area (Å²) in [5.74, 6) is 0.482. The van der Waals surface area contributed by atoms with Crippen LogP contribution in [0.5, 0.6) is 0 Å². The molecule has 3 rings (SSSR count). The third-order valence-corrected chi connectivity index (χ3v) is 4.19. The largest absolute Gasteiger partial charge is 0.332 e. The SMILES string of the molecule is Cc1ccc(NC(=S)Nc2ncn(Cc3ccccc3C)n2)c(C)c1. The Labute approximate surface area is 153 Å². The molecule has 0 aliphatic rings. The van der Waals surface area contributed by atoms with Crippen LogP contribution in [-0.2, 0) is 6.54 Å². The summed E-state index contributed by atoms with van der Waals surface area (Å²) in [6.45, 7) is 6.89. The van der Waals surface area contributed by atoms with E-state index in [1.54, 1.807) is 11.0 Å². The van der Waals surface area contributed by atoms with Crippen LogP contribution < -0.4 is 10.6 Å². The molecule has 0 spiro atoms. The summed E-state index contributed by atoms with van der Waals surface area (Å²) in [6, 6.07) is 14.4. The van der Waals surface area contributed by atoms with E-state index in [1.807, 2.05) is 31.2 Å². The molecule has 5 nitrogen and oxygen atoms in total. The lowest BCUT2D eigenvalue weighted by atomic mass is 10.1. The van der Waals surface area contributed by atoms with Gasteiger partial charge in [-0.2, -0.15) is 0 Å². The molecule has 0 amide bonds. The van der Waals surface area contributed by atoms with Gasteiger partial charge in [-0.3, -0.25) is 5.32 Å². The third-order valence-electron chi connectivity index (χ3n) is 3.99. The molecule has 25 heavy (non-hydrogen) atoms. The van der Waals surface area contributed by atoms with Crippen LogP contribution in [0.4, 0.5) is 11.6 Å². The smallest absolute Gasteiger partial charge is 0.248 e. The second kappa shape index (κ2) is 7.44. The van der Waals surface area contributed by atoms with Crippen molar-refractivity contribution in [2.45, 2.75) is 27.3 Å². The van der Waals surface area contributed by atoms with Crippen molar-refractivity contribution >= 4 is 29.0 Å². The number of nitrogens with zero attached hydrogens (tertiary/aromatic N) is 3. The molecule has 0 bridgehead atoms. The van der Waals surface area contributed by atoms with Gasteiger partial charge in [0, 0.05) is 5.69 Å². The Morgan fingerprint density at radius 2 is 1.84 bits per heavy atom. The zero-order valence-corrected chi connectivity index (χ0v) is 15.4. The molecule has 0 aliphatic carbocycles. The van der Waals surface area contributed by atoms with E-state index in [9.17, 15) is 0 Å². The van der Waals surface area contributed by atoms with Crippen LogP contribution in [0, 0.1) is 20.8 Å². The molecule has 128 valence electrons. The van der Waals surface area contributed by atoms with E-state index in [-0.39, 0.29) is 0 Å². The third kappa shape index (κ3) is 4.42. The van der Waals surface area contributed by atoms with Gasteiger partial charge < -0.3 is 5.32 Å². The Kier molecular flexibility index (Phi) is 5.09. The second-order valence-electron chi connectivity index (χ2n) is 6.09. The van der Waals surface area contributed by atoms with Crippen LogP contribution in [0.25, 0.3) is 0 Å². The van der Waals surface area contributed by atoms with Crippen LogP contribution in [0.3, 0.4) is 0 Å². The summed E-state index contributed by atoms with van der Waals surface area (Å²) in [4.78, 5) is 4.27. The number of hydrogen-bond donors (Lipinski definition) is 2. The molecule has 0 unspecified atom stereocenters. The summed E-state index contributed by atoms with van der Waals surface area (Å²) < 4.78 is 1.80. The van der Waals surface area contributed by atoms with E-state index >= 15 is 0 Å². The Morgan fingerprint density at radius 1 is 1.04 bits per heavy atom. The minimum absolute atomic E-state index is 0.473. The molecule has 6 heteroatoms. The van der Waals surface area contributed by atoms with Gasteiger partial charge in [-0.1, -0.05) is 42.0 Å². The predicted octanol–water partition coefficient (Wildman–Crippen LogP) is 4.06. The molecule has 0 atom stereocenters. The van der Waals surface area contributed by atoms with Crippen LogP contribution in [0.15, 0.2) is 48.8 Å². The highest BCUT2D eigenvalue weighted by molar-refractivity contribution is 7.80. The first-order valence-corrected chi connectivity index (χ1v) is 8.51. The van der Waals surface area contributed by atoms with Gasteiger partial charge in [0.1, 0.15) is 6.33 Å². The Balaban J connectivity index is 1.63. The Morgan fingerprint density at radius 3 is 2.60 bits per heavy atom. The van der Waals surface area contributed by atoms with Crippen molar-refractivity contribution in [3.63, 3.8) is 0 Å². The maximum atomic E-state index is 5.36. The van der Waals surface area contributed by atoms with E-state index < -0.39 is 0 Å². The fourth-order valence-corrected chi connectivity index (χ4v) is 2.80. The number of aromatic nitrogens is 3. The summed E-state index contributed by atoms with van der Waals surface area (Å²) in [5, 5.41) is 11.1. The molecule has 1 heterocycles. The maximum absolute atomic E-state index is 5.36. The zero-order valence-electron chi connectivity index (χ0n) is 14.6. The van der Waals surface area contributed by atoms with E-state index in [4.69, 9.17) is 12.2 Å². The fourth-order valence-electron chi connectivity index (χ4n) is 2.60. The molecule has 3 aromatic rings. The Hall–Kier alpha value is -2.73. The van der Waals surface area contributed by atoms with Gasteiger partial charge in [0.05, 0.1) is 6.54 Å². The molecule has 1 aromatic heterocycles. The van der Waals surface area contributed by atoms with Gasteiger partial charge in [-0.25, -0.2) is 9.67 Å². The van der Waals surface area contributed by atoms with Gasteiger partial charge in [0.25, 0.3) is 0 Å². The average Bonchev–Trinajstić information content (AvgIpc) is 2.99. The van der Waals surface area contributed by atoms with Crippen LogP contribution in [0.1, 0.15) is 22.3 Å². The summed E-state index contributed by atoms with van der Waals surface area (Å²) in [5.41, 5.74) is 5.79. The fraction of sp³-hybridized carbons (Fsp3) is 0.211. The first-order valence-electron chi connectivity index (χ1n) is 8.10. The lowest BCUT2D eigenvalue weighted by Gasteiger charge is -2.11. The van der Waals surface area contributed by atoms with Gasteiger partial charge in [-0.15, -0.1) is 5.10 Å². The highest BCUT2D eigenvalue weighted by atomic mass is 32.1. The maximum Gasteiger partial charge on any atom is 0.248 e. The van der Waals surface area contributed by atoms with Crippen LogP contribution >= 0.6 is 12.2 Å². The number of anilines is 2. The van der Waals surface area contributed by atoms with E-state index in [0.717, 1.165) is 11.3 Å². The van der Waals surface area contributed by atoms with E-state index in [0.29, 0.717) is 17.6 Å². The quantitative estimate of drug-likeness (QED) is 0.694. The molecule has 0 fully saturated rings. The van der Waals surface area contributed by atoms with Crippen molar-refractivity contribution in [2.24, 2.45) is 0 Å². The first-order chi connectivity index (χ1) is 12.0. The van der Waals surface area contributed by atoms with Crippen molar-refractivity contribution in [1.82, 2.24) is 14.8 Å². The molecule has 0 aliphatic heterocycles. The molecule has 2 aromatic carbocycles. The van der Waals surface area contributed by atoms with E-state index in [1.165, 1.54) is 16.7 Å². The van der Waals surface area contributed by atoms with Gasteiger partial charge in [0.15, 0.2) is 5.11 Å². The summed E-state index contributed by atoms with van der Waals surface area (Å²) in [7, 11) is 0. The van der Waals surface area contributed by atoms with Crippen molar-refractivity contribution in [3.8, 4) is 0 Å². The normalized spacial score (nSPS) is 10.5. The topological polar surface area (TPSA) is 54.8 Å². The van der Waals surface area contributed by atoms with Gasteiger partial charge >= 0.3 is 0 Å². The number of aryl methyl sites for hydroxylation is 3. The predicted molar refractivity (Wildman–Crippen MR) is 106 cm³/mol. The van der Waals surface area contributed by atoms with Crippen molar-refractivity contribution in [3.05, 3.63) is 71.0 Å². The molecular weight excluding hydrogens is 330 g/mol. The van der Waals surface area contributed by atoms with Crippen molar-refractivity contribution < 1.29 is 0 Å². The van der Waals surface area contributed by atoms with E-state index in [2.05, 4.69) is 52.8 Å². The minimum Gasteiger partial charge on any atom is -0.332 e. The monoisotopic (exact) mass is 351 g/mol. The number of benzene rings is 2. The zero-order chi connectivity index (χ0) is 17.8. The molecule has 0 saturated carbocycles. The second-order valence-corrected chi connectivity index (χ2v) is 6.50. The standard InChI is InChI=1S/C19H21N5S/c1-13-8-9-17(15(3)10-13)21-19(25)22-18-20-12-24(23-18)11-16-7-5-4-6-14(16)2/h4-10,12H,11H2,1-3H3,(H2,21,22,23,25). The molecular formula is C19H21N5S. The first kappa shape index (κ1) is 17.1. The highest BCUT2D eigenvalue weighted by Crippen LogP contribution is 2.16. The van der Waals surface area contributed by atoms with Gasteiger partial charge in [0.2, 0.25) is 5.95 Å². The van der Waals surface area contributed by atoms with Crippen molar-refractivity contribution in [1.29, 1.82) is 0 Å². The van der Waals surface area contributed by atoms with Crippen LogP contribution in [-0.4, -0.2) is 19.9 Å². The molecule has 0 saturated heterocycles. The number of rotatable bonds is 4. The minimum atomic E-state index is 0.473. The molecule has 0 radical (unpaired) electrons. The Bertz CT molecular complexity index is 900. The summed E-state index contributed by atoms with van der Waals surface area (Å²) >= 11 is 5.36. The average molecular weight is 351 g/mol. The number of thiocarbonyl (C=S) groups is 1. The van der Waals surface area contributed by atoms with Gasteiger partial charge in [-0.05, 0) is 55.7 Å². The lowest BCUT2D eigenvalue weighted by Crippen LogP contribution is -2.20. The molecule has 2 N–H and O–H groups in total. The number of hydrogen-bond acceptors (Lipinski definition) is 3. The van der Waals surface area contributed by atoms with Crippen molar-refractivity contribution in [2.75, 3.05) is 10.6 Å². The highest BCUT2D eigenvalue weighted by Gasteiger charge is 2.06. The van der Waals surface area contributed by atoms with Crippen LogP contribution in [0.2, 0.25) is 0 Å². The number of nitrogens with one attached hydrogen (secondary N) is 2. The lowest BCUT2D eigenvalue weighted by molar-refractivity contribution is 0.684. The summed E-state index contributed by atoms with van der Waals surface area (Å²) in [6.07, 6.45) is 1.70.